The van der Waals surface area contributed by atoms with E-state index < -0.39 is 0 Å². The molecule has 11 heteroatoms. The van der Waals surface area contributed by atoms with Gasteiger partial charge in [-0.3, -0.25) is 24.2 Å². The number of Topliss-reactive ketones (excluding diaryl/α,β-unsaturated/α-hetero) is 2. The van der Waals surface area contributed by atoms with Gasteiger partial charge in [-0.05, 0) is 70.8 Å². The molecule has 4 heterocycles. The second kappa shape index (κ2) is 19.5. The predicted molar refractivity (Wildman–Crippen MR) is 211 cm³/mol. The molecule has 2 saturated heterocycles. The van der Waals surface area contributed by atoms with Crippen LogP contribution in [0, 0.1) is 0 Å². The van der Waals surface area contributed by atoms with Crippen molar-refractivity contribution in [3.05, 3.63) is 132 Å². The monoisotopic (exact) mass is 726 g/mol. The van der Waals surface area contributed by atoms with Gasteiger partial charge < -0.3 is 20.5 Å². The lowest BCUT2D eigenvalue weighted by Gasteiger charge is -2.26. The second-order valence-electron chi connectivity index (χ2n) is 13.1. The summed E-state index contributed by atoms with van der Waals surface area (Å²) < 4.78 is 10.7. The number of pyridine rings is 2. The normalized spacial score (nSPS) is 14.7. The van der Waals surface area contributed by atoms with E-state index in [1.165, 1.54) is 0 Å². The first-order valence-corrected chi connectivity index (χ1v) is 18.3. The van der Waals surface area contributed by atoms with Crippen molar-refractivity contribution in [1.29, 1.82) is 0 Å². The number of nitrogen functional groups attached to an aromatic ring is 1. The number of hydrogen-bond acceptors (Lipinski definition) is 10. The summed E-state index contributed by atoms with van der Waals surface area (Å²) in [5, 5.41) is 2.83. The zero-order chi connectivity index (χ0) is 37.5. The van der Waals surface area contributed by atoms with Crippen molar-refractivity contribution < 1.29 is 23.9 Å². The van der Waals surface area contributed by atoms with Gasteiger partial charge in [0.05, 0.1) is 26.4 Å². The predicted octanol–water partition coefficient (Wildman–Crippen LogP) is 6.14. The molecule has 0 spiro atoms. The summed E-state index contributed by atoms with van der Waals surface area (Å²) in [5.74, 6) is 1.03. The number of anilines is 2. The van der Waals surface area contributed by atoms with E-state index in [4.69, 9.17) is 15.2 Å². The minimum atomic E-state index is -0.211. The van der Waals surface area contributed by atoms with Crippen LogP contribution in [-0.2, 0) is 9.47 Å². The topological polar surface area (TPSA) is 140 Å². The van der Waals surface area contributed by atoms with E-state index in [1.807, 2.05) is 91.0 Å². The Kier molecular flexibility index (Phi) is 13.8. The molecule has 2 fully saturated rings. The van der Waals surface area contributed by atoms with Gasteiger partial charge in [0.25, 0.3) is 5.91 Å². The lowest BCUT2D eigenvalue weighted by Crippen LogP contribution is -2.37. The van der Waals surface area contributed by atoms with Gasteiger partial charge in [0.1, 0.15) is 11.6 Å². The van der Waals surface area contributed by atoms with E-state index in [9.17, 15) is 14.4 Å². The number of nitrogens with zero attached hydrogens (tertiary/aromatic N) is 4. The van der Waals surface area contributed by atoms with Crippen LogP contribution >= 0.6 is 0 Å². The minimum absolute atomic E-state index is 0.125. The Morgan fingerprint density at radius 1 is 0.574 bits per heavy atom. The van der Waals surface area contributed by atoms with Gasteiger partial charge in [0, 0.05) is 81.2 Å². The van der Waals surface area contributed by atoms with E-state index >= 15 is 0 Å². The van der Waals surface area contributed by atoms with Gasteiger partial charge in [-0.2, -0.15) is 0 Å². The van der Waals surface area contributed by atoms with Crippen LogP contribution < -0.4 is 11.1 Å². The number of nitrogens with one attached hydrogen (secondary N) is 1. The Morgan fingerprint density at radius 2 is 1.06 bits per heavy atom. The fourth-order valence-corrected chi connectivity index (χ4v) is 6.29. The zero-order valence-electron chi connectivity index (χ0n) is 30.4. The molecule has 0 unspecified atom stereocenters. The standard InChI is InChI=1S/C25H25N3O3.C18H21N3O2/c29-23(10-12-28-13-15-31-16-14-28)22-8-4-7-20(17-22)21-9-11-26-24(18-21)27-25(30)19-5-2-1-3-6-19;19-18-13-15(4-6-20-18)14-2-1-3-16(12-14)17(22)5-7-21-8-10-23-11-9-21/h1-9,11,17-18H,10,12-16H2,(H,26,27,30);1-4,6,12-13H,5,7-11H2,(H2,19,20). The maximum atomic E-state index is 12.7. The van der Waals surface area contributed by atoms with Crippen LogP contribution in [0.2, 0.25) is 0 Å². The first kappa shape index (κ1) is 38.1. The number of morpholine rings is 2. The molecular formula is C43H46N6O5. The summed E-state index contributed by atoms with van der Waals surface area (Å²) in [7, 11) is 0. The Hall–Kier alpha value is -5.59. The minimum Gasteiger partial charge on any atom is -0.384 e. The summed E-state index contributed by atoms with van der Waals surface area (Å²) in [6.45, 7) is 8.08. The van der Waals surface area contributed by atoms with Crippen molar-refractivity contribution in [1.82, 2.24) is 19.8 Å². The van der Waals surface area contributed by atoms with Gasteiger partial charge in [-0.15, -0.1) is 0 Å². The van der Waals surface area contributed by atoms with Crippen LogP contribution in [0.15, 0.2) is 116 Å². The van der Waals surface area contributed by atoms with Gasteiger partial charge >= 0.3 is 0 Å². The Morgan fingerprint density at radius 3 is 1.59 bits per heavy atom. The highest BCUT2D eigenvalue weighted by atomic mass is 16.5. The van der Waals surface area contributed by atoms with E-state index in [1.54, 1.807) is 24.5 Å². The number of nitrogens with two attached hydrogens (primary N) is 1. The van der Waals surface area contributed by atoms with Crippen LogP contribution in [0.3, 0.4) is 0 Å². The summed E-state index contributed by atoms with van der Waals surface area (Å²) in [5.41, 5.74) is 11.5. The number of amides is 1. The van der Waals surface area contributed by atoms with Crippen LogP contribution in [0.5, 0.6) is 0 Å². The van der Waals surface area contributed by atoms with Crippen LogP contribution in [0.1, 0.15) is 43.9 Å². The lowest BCUT2D eigenvalue weighted by molar-refractivity contribution is 0.0370. The Labute approximate surface area is 316 Å². The van der Waals surface area contributed by atoms with Crippen molar-refractivity contribution in [3.8, 4) is 22.3 Å². The molecule has 2 aromatic heterocycles. The summed E-state index contributed by atoms with van der Waals surface area (Å²) in [6.07, 6.45) is 4.35. The fourth-order valence-electron chi connectivity index (χ4n) is 6.29. The molecular weight excluding hydrogens is 681 g/mol. The third-order valence-corrected chi connectivity index (χ3v) is 9.37. The third-order valence-electron chi connectivity index (χ3n) is 9.37. The Balaban J connectivity index is 0.000000193. The zero-order valence-corrected chi connectivity index (χ0v) is 30.4. The molecule has 278 valence electrons. The third kappa shape index (κ3) is 11.2. The molecule has 7 rings (SSSR count). The second-order valence-corrected chi connectivity index (χ2v) is 13.1. The molecule has 3 N–H and O–H groups in total. The molecule has 5 aromatic rings. The molecule has 0 aliphatic carbocycles. The molecule has 2 aliphatic heterocycles. The number of ether oxygens (including phenoxy) is 2. The van der Waals surface area contributed by atoms with Crippen LogP contribution in [-0.4, -0.2) is 103 Å². The highest BCUT2D eigenvalue weighted by molar-refractivity contribution is 6.04. The molecule has 11 nitrogen and oxygen atoms in total. The van der Waals surface area contributed by atoms with Gasteiger partial charge in [-0.1, -0.05) is 54.6 Å². The van der Waals surface area contributed by atoms with Crippen molar-refractivity contribution in [2.45, 2.75) is 12.8 Å². The molecule has 1 amide bonds. The van der Waals surface area contributed by atoms with Gasteiger partial charge in [0.15, 0.2) is 11.6 Å². The molecule has 2 aliphatic rings. The highest BCUT2D eigenvalue weighted by Gasteiger charge is 2.16. The lowest BCUT2D eigenvalue weighted by atomic mass is 10.0. The van der Waals surface area contributed by atoms with Crippen molar-refractivity contribution in [3.63, 3.8) is 0 Å². The average Bonchev–Trinajstić information content (AvgIpc) is 3.23. The SMILES string of the molecule is Nc1cc(-c2cccc(C(=O)CCN3CCOCC3)c2)ccn1.O=C(CCN1CCOCC1)c1cccc(-c2ccnc(NC(=O)c3ccccc3)c2)c1. The summed E-state index contributed by atoms with van der Waals surface area (Å²) in [4.78, 5) is 50.3. The fraction of sp³-hybridized carbons (Fsp3) is 0.279. The average molecular weight is 727 g/mol. The van der Waals surface area contributed by atoms with Crippen molar-refractivity contribution in [2.75, 3.05) is 76.7 Å². The number of carbonyl (C=O) groups is 3. The summed E-state index contributed by atoms with van der Waals surface area (Å²) in [6, 6.07) is 31.7. The van der Waals surface area contributed by atoms with E-state index in [0.29, 0.717) is 35.6 Å². The first-order chi connectivity index (χ1) is 26.4. The Bertz CT molecular complexity index is 2010. The molecule has 54 heavy (non-hydrogen) atoms. The van der Waals surface area contributed by atoms with E-state index in [-0.39, 0.29) is 17.5 Å². The first-order valence-electron chi connectivity index (χ1n) is 18.3. The molecule has 3 aromatic carbocycles. The number of carbonyl (C=O) groups excluding carboxylic acids is 3. The number of benzene rings is 3. The van der Waals surface area contributed by atoms with E-state index in [0.717, 1.165) is 93.5 Å². The summed E-state index contributed by atoms with van der Waals surface area (Å²) >= 11 is 0. The van der Waals surface area contributed by atoms with Crippen molar-refractivity contribution in [2.24, 2.45) is 0 Å². The number of ketones is 2. The smallest absolute Gasteiger partial charge is 0.256 e. The molecule has 0 atom stereocenters. The van der Waals surface area contributed by atoms with E-state index in [2.05, 4.69) is 25.1 Å². The van der Waals surface area contributed by atoms with Crippen LogP contribution in [0.4, 0.5) is 11.6 Å². The van der Waals surface area contributed by atoms with Gasteiger partial charge in [-0.25, -0.2) is 9.97 Å². The van der Waals surface area contributed by atoms with Gasteiger partial charge in [0.2, 0.25) is 0 Å². The maximum absolute atomic E-state index is 12.7. The quantitative estimate of drug-likeness (QED) is 0.144. The number of hydrogen-bond donors (Lipinski definition) is 2. The molecule has 0 bridgehead atoms. The number of aromatic nitrogens is 2. The maximum Gasteiger partial charge on any atom is 0.256 e. The molecule has 0 saturated carbocycles. The number of rotatable bonds is 12. The largest absolute Gasteiger partial charge is 0.384 e. The molecule has 0 radical (unpaired) electrons. The highest BCUT2D eigenvalue weighted by Crippen LogP contribution is 2.24. The van der Waals surface area contributed by atoms with Crippen LogP contribution in [0.25, 0.3) is 22.3 Å². The van der Waals surface area contributed by atoms with Crippen molar-refractivity contribution >= 4 is 29.1 Å².